The molecule has 0 spiro atoms. The molecule has 11 heteroatoms. The molecule has 0 fully saturated rings. The van der Waals surface area contributed by atoms with Gasteiger partial charge in [0.2, 0.25) is 0 Å². The SMILES string of the molecule is CCOC(=O)[C@@H](C[C@@H](Cc1ccc(-c2cc(Cl)ccc2F)cc1)NC(=O)OC(C)(C)C)OS(C)(=O)=O. The maximum atomic E-state index is 14.2. The first-order chi connectivity index (χ1) is 16.7. The predicted octanol–water partition coefficient (Wildman–Crippen LogP) is 4.88. The second-order valence-electron chi connectivity index (χ2n) is 9.15. The van der Waals surface area contributed by atoms with Gasteiger partial charge in [0.05, 0.1) is 12.9 Å². The molecule has 0 unspecified atom stereocenters. The lowest BCUT2D eigenvalue weighted by atomic mass is 9.97. The van der Waals surface area contributed by atoms with Crippen molar-refractivity contribution < 1.29 is 36.1 Å². The Bertz CT molecular complexity index is 1160. The van der Waals surface area contributed by atoms with Crippen LogP contribution in [0.25, 0.3) is 11.1 Å². The molecular formula is C25H31ClFNO7S. The lowest BCUT2D eigenvalue weighted by molar-refractivity contribution is -0.151. The van der Waals surface area contributed by atoms with E-state index in [1.807, 2.05) is 0 Å². The van der Waals surface area contributed by atoms with Crippen LogP contribution >= 0.6 is 11.6 Å². The number of carbonyl (C=O) groups is 2. The van der Waals surface area contributed by atoms with Crippen LogP contribution in [0.3, 0.4) is 0 Å². The van der Waals surface area contributed by atoms with E-state index in [4.69, 9.17) is 25.3 Å². The number of rotatable bonds is 10. The average molecular weight is 544 g/mol. The molecule has 2 aromatic carbocycles. The smallest absolute Gasteiger partial charge is 0.407 e. The van der Waals surface area contributed by atoms with Crippen molar-refractivity contribution >= 4 is 33.8 Å². The summed E-state index contributed by atoms with van der Waals surface area (Å²) in [6, 6.07) is 10.4. The van der Waals surface area contributed by atoms with Crippen molar-refractivity contribution in [3.05, 3.63) is 58.9 Å². The highest BCUT2D eigenvalue weighted by molar-refractivity contribution is 7.86. The van der Waals surface area contributed by atoms with Gasteiger partial charge in [-0.1, -0.05) is 35.9 Å². The standard InChI is InChI=1S/C25H31ClFNO7S/c1-6-33-23(29)22(35-36(5,31)32)15-19(28-24(30)34-25(2,3)4)13-16-7-9-17(10-8-16)20-14-18(26)11-12-21(20)27/h7-12,14,19,22H,6,13,15H2,1-5H3,(H,28,30)/t19-,22-/m1/s1. The van der Waals surface area contributed by atoms with Crippen molar-refractivity contribution in [3.63, 3.8) is 0 Å². The molecule has 1 N–H and O–H groups in total. The highest BCUT2D eigenvalue weighted by atomic mass is 35.5. The Kier molecular flexibility index (Phi) is 10.3. The minimum atomic E-state index is -4.00. The van der Waals surface area contributed by atoms with Gasteiger partial charge in [0.15, 0.2) is 6.10 Å². The summed E-state index contributed by atoms with van der Waals surface area (Å²) in [4.78, 5) is 24.8. The van der Waals surface area contributed by atoms with Crippen molar-refractivity contribution in [3.8, 4) is 11.1 Å². The minimum Gasteiger partial charge on any atom is -0.464 e. The zero-order valence-electron chi connectivity index (χ0n) is 20.8. The molecule has 0 saturated carbocycles. The van der Waals surface area contributed by atoms with Gasteiger partial charge in [0, 0.05) is 23.0 Å². The van der Waals surface area contributed by atoms with E-state index in [0.717, 1.165) is 11.8 Å². The maximum Gasteiger partial charge on any atom is 0.407 e. The largest absolute Gasteiger partial charge is 0.464 e. The van der Waals surface area contributed by atoms with E-state index < -0.39 is 45.7 Å². The molecule has 1 amide bonds. The van der Waals surface area contributed by atoms with Crippen LogP contribution in [0.4, 0.5) is 9.18 Å². The van der Waals surface area contributed by atoms with Gasteiger partial charge < -0.3 is 14.8 Å². The Labute approximate surface area is 216 Å². The molecule has 2 rings (SSSR count). The fraction of sp³-hybridized carbons (Fsp3) is 0.440. The van der Waals surface area contributed by atoms with Crippen LogP contribution in [-0.4, -0.2) is 51.1 Å². The van der Waals surface area contributed by atoms with Gasteiger partial charge in [-0.25, -0.2) is 14.0 Å². The van der Waals surface area contributed by atoms with E-state index in [9.17, 15) is 22.4 Å². The fourth-order valence-corrected chi connectivity index (χ4v) is 4.12. The quantitative estimate of drug-likeness (QED) is 0.336. The third-order valence-corrected chi connectivity index (χ3v) is 5.55. The van der Waals surface area contributed by atoms with Crippen LogP contribution < -0.4 is 5.32 Å². The number of carbonyl (C=O) groups excluding carboxylic acids is 2. The Morgan fingerprint density at radius 3 is 2.31 bits per heavy atom. The van der Waals surface area contributed by atoms with Crippen molar-refractivity contribution in [2.45, 2.75) is 58.3 Å². The molecule has 2 atom stereocenters. The number of hydrogen-bond acceptors (Lipinski definition) is 7. The Morgan fingerprint density at radius 2 is 1.75 bits per heavy atom. The summed E-state index contributed by atoms with van der Waals surface area (Å²) in [5.41, 5.74) is 0.882. The topological polar surface area (TPSA) is 108 Å². The molecule has 0 aromatic heterocycles. The number of nitrogens with one attached hydrogen (secondary N) is 1. The third-order valence-electron chi connectivity index (χ3n) is 4.74. The number of ether oxygens (including phenoxy) is 2. The normalized spacial score (nSPS) is 13.5. The van der Waals surface area contributed by atoms with E-state index in [2.05, 4.69) is 5.32 Å². The highest BCUT2D eigenvalue weighted by Gasteiger charge is 2.30. The summed E-state index contributed by atoms with van der Waals surface area (Å²) in [5, 5.41) is 3.07. The summed E-state index contributed by atoms with van der Waals surface area (Å²) >= 11 is 5.99. The van der Waals surface area contributed by atoms with E-state index in [0.29, 0.717) is 16.1 Å². The van der Waals surface area contributed by atoms with Gasteiger partial charge in [0.25, 0.3) is 10.1 Å². The predicted molar refractivity (Wildman–Crippen MR) is 135 cm³/mol. The number of amides is 1. The molecule has 2 aromatic rings. The van der Waals surface area contributed by atoms with Gasteiger partial charge in [-0.15, -0.1) is 0 Å². The zero-order valence-corrected chi connectivity index (χ0v) is 22.4. The first-order valence-electron chi connectivity index (χ1n) is 11.3. The number of alkyl carbamates (subject to hydrolysis) is 1. The Morgan fingerprint density at radius 1 is 1.11 bits per heavy atom. The van der Waals surface area contributed by atoms with E-state index >= 15 is 0 Å². The van der Waals surface area contributed by atoms with E-state index in [-0.39, 0.29) is 19.4 Å². The van der Waals surface area contributed by atoms with E-state index in [1.165, 1.54) is 18.2 Å². The summed E-state index contributed by atoms with van der Waals surface area (Å²) < 4.78 is 52.9. The highest BCUT2D eigenvalue weighted by Crippen LogP contribution is 2.27. The van der Waals surface area contributed by atoms with Crippen LogP contribution in [0.5, 0.6) is 0 Å². The van der Waals surface area contributed by atoms with E-state index in [1.54, 1.807) is 52.0 Å². The van der Waals surface area contributed by atoms with Crippen molar-refractivity contribution in [2.75, 3.05) is 12.9 Å². The molecular weight excluding hydrogens is 513 g/mol. The first-order valence-corrected chi connectivity index (χ1v) is 13.4. The molecule has 8 nitrogen and oxygen atoms in total. The fourth-order valence-electron chi connectivity index (χ4n) is 3.37. The molecule has 0 saturated heterocycles. The number of esters is 1. The lowest BCUT2D eigenvalue weighted by Gasteiger charge is -2.26. The molecule has 0 aliphatic rings. The van der Waals surface area contributed by atoms with Crippen LogP contribution in [0.2, 0.25) is 5.02 Å². The second-order valence-corrected chi connectivity index (χ2v) is 11.2. The third kappa shape index (κ3) is 10.1. The minimum absolute atomic E-state index is 0.0220. The monoisotopic (exact) mass is 543 g/mol. The van der Waals surface area contributed by atoms with Gasteiger partial charge >= 0.3 is 12.1 Å². The Balaban J connectivity index is 2.30. The number of benzene rings is 2. The molecule has 0 aliphatic heterocycles. The van der Waals surface area contributed by atoms with Gasteiger partial charge in [-0.2, -0.15) is 8.42 Å². The average Bonchev–Trinajstić information content (AvgIpc) is 2.73. The molecule has 0 bridgehead atoms. The molecule has 36 heavy (non-hydrogen) atoms. The summed E-state index contributed by atoms with van der Waals surface area (Å²) in [6.07, 6.45) is -1.40. The lowest BCUT2D eigenvalue weighted by Crippen LogP contribution is -2.44. The van der Waals surface area contributed by atoms with Gasteiger partial charge in [-0.3, -0.25) is 4.18 Å². The molecule has 198 valence electrons. The van der Waals surface area contributed by atoms with Crippen LogP contribution in [0, 0.1) is 5.82 Å². The summed E-state index contributed by atoms with van der Waals surface area (Å²) in [6.45, 7) is 6.70. The Hall–Kier alpha value is -2.69. The number of hydrogen-bond donors (Lipinski definition) is 1. The summed E-state index contributed by atoms with van der Waals surface area (Å²) in [7, 11) is -4.00. The van der Waals surface area contributed by atoms with Crippen molar-refractivity contribution in [2.24, 2.45) is 0 Å². The van der Waals surface area contributed by atoms with Gasteiger partial charge in [-0.05, 0) is 63.4 Å². The van der Waals surface area contributed by atoms with Crippen molar-refractivity contribution in [1.82, 2.24) is 5.32 Å². The summed E-state index contributed by atoms with van der Waals surface area (Å²) in [5.74, 6) is -1.29. The van der Waals surface area contributed by atoms with Crippen molar-refractivity contribution in [1.29, 1.82) is 0 Å². The van der Waals surface area contributed by atoms with Crippen LogP contribution in [-0.2, 0) is 35.0 Å². The second kappa shape index (κ2) is 12.5. The number of halogens is 2. The van der Waals surface area contributed by atoms with Crippen LogP contribution in [0.1, 0.15) is 39.7 Å². The molecule has 0 aliphatic carbocycles. The van der Waals surface area contributed by atoms with Crippen LogP contribution in [0.15, 0.2) is 42.5 Å². The molecule has 0 heterocycles. The molecule has 0 radical (unpaired) electrons. The first kappa shape index (κ1) is 29.5. The maximum absolute atomic E-state index is 14.2. The van der Waals surface area contributed by atoms with Gasteiger partial charge in [0.1, 0.15) is 11.4 Å². The zero-order chi connectivity index (χ0) is 27.1.